The maximum Gasteiger partial charge on any atom is 0.416 e. The quantitative estimate of drug-likeness (QED) is 0.424. The van der Waals surface area contributed by atoms with Gasteiger partial charge in [0, 0.05) is 23.3 Å². The van der Waals surface area contributed by atoms with Crippen LogP contribution in [0.1, 0.15) is 68.6 Å². The minimum absolute atomic E-state index is 0.00729. The van der Waals surface area contributed by atoms with Crippen LogP contribution in [0.15, 0.2) is 59.8 Å². The monoisotopic (exact) mass is 552 g/mol. The van der Waals surface area contributed by atoms with Crippen molar-refractivity contribution >= 4 is 23.4 Å². The number of halogens is 3. The van der Waals surface area contributed by atoms with Crippen molar-refractivity contribution in [2.75, 3.05) is 11.5 Å². The zero-order chi connectivity index (χ0) is 29.0. The molecule has 2 aromatic carbocycles. The number of nitriles is 1. The zero-order valence-electron chi connectivity index (χ0n) is 22.3. The number of hydrogen-bond donors (Lipinski definition) is 2. The molecule has 0 saturated heterocycles. The minimum Gasteiger partial charge on any atom is -0.463 e. The number of anilines is 1. The maximum atomic E-state index is 13.9. The van der Waals surface area contributed by atoms with Crippen LogP contribution in [0.4, 0.5) is 18.9 Å². The fourth-order valence-corrected chi connectivity index (χ4v) is 5.56. The van der Waals surface area contributed by atoms with Crippen molar-refractivity contribution in [1.29, 1.82) is 10.7 Å². The predicted molar refractivity (Wildman–Crippen MR) is 143 cm³/mol. The van der Waals surface area contributed by atoms with E-state index in [1.807, 2.05) is 6.07 Å². The summed E-state index contributed by atoms with van der Waals surface area (Å²) in [6.45, 7) is 3.20. The molecule has 1 fully saturated rings. The predicted octanol–water partition coefficient (Wildman–Crippen LogP) is 6.06. The Kier molecular flexibility index (Phi) is 8.62. The summed E-state index contributed by atoms with van der Waals surface area (Å²) in [4.78, 5) is 28.6. The van der Waals surface area contributed by atoms with E-state index in [-0.39, 0.29) is 35.4 Å². The van der Waals surface area contributed by atoms with Crippen molar-refractivity contribution in [2.24, 2.45) is 5.92 Å². The molecule has 0 radical (unpaired) electrons. The summed E-state index contributed by atoms with van der Waals surface area (Å²) in [7, 11) is 0. The summed E-state index contributed by atoms with van der Waals surface area (Å²) in [5.41, 5.74) is 0.247. The highest BCUT2D eigenvalue weighted by atomic mass is 19.4. The molecular formula is C30H31F3N4O3. The number of carbonyl (C=O) groups excluding carboxylic acids is 2. The highest BCUT2D eigenvalue weighted by molar-refractivity contribution is 6.15. The molecule has 2 aromatic rings. The van der Waals surface area contributed by atoms with Gasteiger partial charge in [-0.25, -0.2) is 4.79 Å². The van der Waals surface area contributed by atoms with E-state index in [9.17, 15) is 33.4 Å². The van der Waals surface area contributed by atoms with Gasteiger partial charge in [-0.1, -0.05) is 37.5 Å². The van der Waals surface area contributed by atoms with E-state index < -0.39 is 35.5 Å². The number of rotatable bonds is 6. The molecule has 1 heterocycles. The third-order valence-corrected chi connectivity index (χ3v) is 7.46. The molecule has 210 valence electrons. The Morgan fingerprint density at radius 3 is 2.40 bits per heavy atom. The van der Waals surface area contributed by atoms with Gasteiger partial charge in [0.25, 0.3) is 0 Å². The van der Waals surface area contributed by atoms with Gasteiger partial charge in [0.05, 0.1) is 29.4 Å². The fourth-order valence-electron chi connectivity index (χ4n) is 5.56. The van der Waals surface area contributed by atoms with Gasteiger partial charge in [0.15, 0.2) is 0 Å². The van der Waals surface area contributed by atoms with Crippen LogP contribution in [0.3, 0.4) is 0 Å². The molecule has 2 N–H and O–H groups in total. The second-order valence-electron chi connectivity index (χ2n) is 10.0. The van der Waals surface area contributed by atoms with Crippen molar-refractivity contribution in [2.45, 2.75) is 64.1 Å². The number of carbonyl (C=O) groups is 2. The van der Waals surface area contributed by atoms with Crippen molar-refractivity contribution in [3.8, 4) is 6.07 Å². The maximum absolute atomic E-state index is 13.9. The van der Waals surface area contributed by atoms with E-state index in [0.717, 1.165) is 44.2 Å². The Labute approximate surface area is 231 Å². The molecule has 4 rings (SSSR count). The molecule has 2 aliphatic rings. The largest absolute Gasteiger partial charge is 0.463 e. The average molecular weight is 553 g/mol. The highest BCUT2D eigenvalue weighted by Gasteiger charge is 2.47. The third-order valence-electron chi connectivity index (χ3n) is 7.46. The van der Waals surface area contributed by atoms with Crippen LogP contribution in [0.2, 0.25) is 0 Å². The Hall–Kier alpha value is -4.13. The van der Waals surface area contributed by atoms with Crippen LogP contribution in [-0.4, -0.2) is 30.4 Å². The Balaban J connectivity index is 1.91. The Morgan fingerprint density at radius 1 is 1.12 bits per heavy atom. The van der Waals surface area contributed by atoms with Crippen LogP contribution < -0.4 is 10.2 Å². The lowest BCUT2D eigenvalue weighted by Gasteiger charge is -2.41. The molecule has 2 atom stereocenters. The number of esters is 1. The fraction of sp³-hybridized carbons (Fsp3) is 0.400. The molecule has 7 nitrogen and oxygen atoms in total. The van der Waals surface area contributed by atoms with Gasteiger partial charge < -0.3 is 15.0 Å². The first kappa shape index (κ1) is 28.9. The molecule has 2 unspecified atom stereocenters. The topological polar surface area (TPSA) is 106 Å². The molecule has 40 heavy (non-hydrogen) atoms. The summed E-state index contributed by atoms with van der Waals surface area (Å²) < 4.78 is 46.2. The second-order valence-corrected chi connectivity index (χ2v) is 10.0. The van der Waals surface area contributed by atoms with E-state index >= 15 is 0 Å². The van der Waals surface area contributed by atoms with Crippen molar-refractivity contribution in [3.05, 3.63) is 76.5 Å². The molecule has 0 aromatic heterocycles. The first-order valence-corrected chi connectivity index (χ1v) is 13.3. The van der Waals surface area contributed by atoms with E-state index in [0.29, 0.717) is 11.1 Å². The normalized spacial score (nSPS) is 20.2. The van der Waals surface area contributed by atoms with E-state index in [1.165, 1.54) is 24.0 Å². The number of alkyl halides is 3. The van der Waals surface area contributed by atoms with Crippen molar-refractivity contribution < 1.29 is 27.5 Å². The van der Waals surface area contributed by atoms with E-state index in [2.05, 4.69) is 5.32 Å². The summed E-state index contributed by atoms with van der Waals surface area (Å²) in [6, 6.07) is 12.8. The van der Waals surface area contributed by atoms with Crippen LogP contribution in [0.5, 0.6) is 0 Å². The number of nitrogens with one attached hydrogen (secondary N) is 2. The van der Waals surface area contributed by atoms with Crippen LogP contribution in [-0.2, 0) is 20.5 Å². The lowest BCUT2D eigenvalue weighted by atomic mass is 9.74. The number of ether oxygens (including phenoxy) is 1. The summed E-state index contributed by atoms with van der Waals surface area (Å²) in [6.07, 6.45) is -0.0875. The molecular weight excluding hydrogens is 521 g/mol. The van der Waals surface area contributed by atoms with Gasteiger partial charge in [-0.3, -0.25) is 10.2 Å². The van der Waals surface area contributed by atoms with E-state index in [1.54, 1.807) is 31.2 Å². The van der Waals surface area contributed by atoms with Crippen LogP contribution >= 0.6 is 0 Å². The van der Waals surface area contributed by atoms with Gasteiger partial charge in [0.1, 0.15) is 11.8 Å². The highest BCUT2D eigenvalue weighted by Crippen LogP contribution is 2.44. The average Bonchev–Trinajstić information content (AvgIpc) is 2.93. The third kappa shape index (κ3) is 5.88. The molecule has 1 amide bonds. The number of allylic oxidation sites excluding steroid dienone is 1. The summed E-state index contributed by atoms with van der Waals surface area (Å²) >= 11 is 0. The van der Waals surface area contributed by atoms with Crippen molar-refractivity contribution in [1.82, 2.24) is 5.32 Å². The number of amidine groups is 1. The molecule has 1 saturated carbocycles. The molecule has 10 heteroatoms. The van der Waals surface area contributed by atoms with Gasteiger partial charge in [-0.05, 0) is 62.6 Å². The van der Waals surface area contributed by atoms with Gasteiger partial charge >= 0.3 is 12.1 Å². The van der Waals surface area contributed by atoms with Gasteiger partial charge in [-0.2, -0.15) is 18.4 Å². The SMILES string of the molecule is CCOC(=O)C1=C(C)N(c2cccc(C(F)(F)F)c2)C(=N)C(C(=O)NC2CCCCC2)C1c1ccc(C#N)cc1. The molecule has 1 aliphatic heterocycles. The Bertz CT molecular complexity index is 1360. The standard InChI is InChI=1S/C30H31F3N4O3/c1-3-40-29(39)24-18(2)37(23-11-7-8-21(16-23)30(31,32)33)27(35)26(28(38)36-22-9-5-4-6-10-22)25(24)20-14-12-19(17-34)13-15-20/h7-8,11-16,22,25-26,35H,3-6,9-10H2,1-2H3,(H,36,38). The number of nitrogens with zero attached hydrogens (tertiary/aromatic N) is 2. The first-order valence-electron chi connectivity index (χ1n) is 13.3. The zero-order valence-corrected chi connectivity index (χ0v) is 22.3. The minimum atomic E-state index is -4.63. The lowest BCUT2D eigenvalue weighted by Crippen LogP contribution is -2.52. The van der Waals surface area contributed by atoms with Crippen LogP contribution in [0, 0.1) is 22.7 Å². The van der Waals surface area contributed by atoms with Crippen LogP contribution in [0.25, 0.3) is 0 Å². The second kappa shape index (κ2) is 11.9. The number of amides is 1. The smallest absolute Gasteiger partial charge is 0.416 e. The Morgan fingerprint density at radius 2 is 1.80 bits per heavy atom. The van der Waals surface area contributed by atoms with Gasteiger partial charge in [-0.15, -0.1) is 0 Å². The first-order chi connectivity index (χ1) is 19.1. The molecule has 0 bridgehead atoms. The summed E-state index contributed by atoms with van der Waals surface area (Å²) in [5.74, 6) is -3.67. The van der Waals surface area contributed by atoms with Gasteiger partial charge in [0.2, 0.25) is 5.91 Å². The van der Waals surface area contributed by atoms with Crippen molar-refractivity contribution in [3.63, 3.8) is 0 Å². The molecule has 0 spiro atoms. The number of benzene rings is 2. The molecule has 1 aliphatic carbocycles. The summed E-state index contributed by atoms with van der Waals surface area (Å²) in [5, 5.41) is 21.5. The number of hydrogen-bond acceptors (Lipinski definition) is 5. The lowest BCUT2D eigenvalue weighted by molar-refractivity contribution is -0.139. The van der Waals surface area contributed by atoms with E-state index in [4.69, 9.17) is 4.74 Å².